The third-order valence-electron chi connectivity index (χ3n) is 4.13. The lowest BCUT2D eigenvalue weighted by atomic mass is 10.2. The number of sulfonamides is 1. The fourth-order valence-electron chi connectivity index (χ4n) is 2.68. The molecule has 2 aromatic carbocycles. The molecule has 0 atom stereocenters. The van der Waals surface area contributed by atoms with Crippen LogP contribution in [0.4, 0.5) is 8.78 Å². The van der Waals surface area contributed by atoms with Crippen molar-refractivity contribution >= 4 is 15.9 Å². The van der Waals surface area contributed by atoms with Gasteiger partial charge in [-0.15, -0.1) is 0 Å². The minimum atomic E-state index is -3.85. The van der Waals surface area contributed by atoms with Gasteiger partial charge in [-0.05, 0) is 36.4 Å². The first-order valence-corrected chi connectivity index (χ1v) is 10.7. The molecule has 1 aromatic heterocycles. The number of ether oxygens (including phenoxy) is 1. The normalized spacial score (nSPS) is 11.2. The number of aromatic nitrogens is 1. The van der Waals surface area contributed by atoms with E-state index < -0.39 is 33.1 Å². The second kappa shape index (κ2) is 9.63. The minimum absolute atomic E-state index is 0.0824. The second-order valence-electron chi connectivity index (χ2n) is 6.35. The summed E-state index contributed by atoms with van der Waals surface area (Å²) in [5.74, 6) is -1.80. The van der Waals surface area contributed by atoms with Crippen molar-refractivity contribution in [1.82, 2.24) is 15.0 Å². The minimum Gasteiger partial charge on any atom is -0.439 e. The van der Waals surface area contributed by atoms with Crippen LogP contribution < -0.4 is 14.8 Å². The molecular formula is C21H19F2N3O4S. The van der Waals surface area contributed by atoms with Gasteiger partial charge in [-0.2, -0.15) is 0 Å². The van der Waals surface area contributed by atoms with E-state index in [1.165, 1.54) is 24.4 Å². The summed E-state index contributed by atoms with van der Waals surface area (Å²) < 4.78 is 59.7. The Kier molecular flexibility index (Phi) is 6.93. The van der Waals surface area contributed by atoms with E-state index in [0.29, 0.717) is 5.56 Å². The summed E-state index contributed by atoms with van der Waals surface area (Å²) >= 11 is 0. The highest BCUT2D eigenvalue weighted by Gasteiger charge is 2.19. The fourth-order valence-corrected chi connectivity index (χ4v) is 3.75. The van der Waals surface area contributed by atoms with Crippen molar-refractivity contribution in [2.45, 2.75) is 18.4 Å². The number of nitrogens with zero attached hydrogens (tertiary/aromatic N) is 1. The van der Waals surface area contributed by atoms with Gasteiger partial charge in [-0.3, -0.25) is 4.79 Å². The number of rotatable bonds is 8. The first-order valence-electron chi connectivity index (χ1n) is 9.25. The highest BCUT2D eigenvalue weighted by atomic mass is 32.2. The zero-order valence-electron chi connectivity index (χ0n) is 16.4. The number of carbonyl (C=O) groups excluding carboxylic acids is 1. The molecule has 3 aromatic rings. The third-order valence-corrected chi connectivity index (χ3v) is 5.67. The summed E-state index contributed by atoms with van der Waals surface area (Å²) in [7, 11) is -3.85. The number of pyridine rings is 1. The van der Waals surface area contributed by atoms with Gasteiger partial charge in [0.1, 0.15) is 17.4 Å². The molecule has 1 heterocycles. The number of hydrogen-bond donors (Lipinski definition) is 2. The number of hydrogen-bond acceptors (Lipinski definition) is 5. The van der Waals surface area contributed by atoms with Crippen LogP contribution in [0, 0.1) is 11.6 Å². The van der Waals surface area contributed by atoms with Crippen LogP contribution >= 0.6 is 0 Å². The predicted octanol–water partition coefficient (Wildman–Crippen LogP) is 3.38. The molecule has 0 saturated heterocycles. The molecule has 0 saturated carbocycles. The van der Waals surface area contributed by atoms with E-state index in [1.807, 2.05) is 0 Å². The summed E-state index contributed by atoms with van der Waals surface area (Å²) in [4.78, 5) is 16.4. The highest BCUT2D eigenvalue weighted by Crippen LogP contribution is 2.23. The molecule has 0 aliphatic carbocycles. The van der Waals surface area contributed by atoms with E-state index >= 15 is 0 Å². The Bertz CT molecular complexity index is 1200. The molecule has 0 aliphatic heterocycles. The molecule has 31 heavy (non-hydrogen) atoms. The Balaban J connectivity index is 1.77. The smallest absolute Gasteiger partial charge is 0.254 e. The Labute approximate surface area is 178 Å². The summed E-state index contributed by atoms with van der Waals surface area (Å²) in [6, 6.07) is 11.7. The molecule has 10 heteroatoms. The topological polar surface area (TPSA) is 97.4 Å². The number of nitrogens with one attached hydrogen (secondary N) is 2. The highest BCUT2D eigenvalue weighted by molar-refractivity contribution is 7.89. The molecule has 1 amide bonds. The van der Waals surface area contributed by atoms with Crippen molar-refractivity contribution < 1.29 is 26.7 Å². The van der Waals surface area contributed by atoms with E-state index in [0.717, 1.165) is 18.2 Å². The zero-order valence-corrected chi connectivity index (χ0v) is 17.2. The molecule has 0 aliphatic rings. The van der Waals surface area contributed by atoms with Crippen LogP contribution in [0.2, 0.25) is 0 Å². The summed E-state index contributed by atoms with van der Waals surface area (Å²) in [5.41, 5.74) is 0.0346. The van der Waals surface area contributed by atoms with Gasteiger partial charge in [-0.1, -0.05) is 19.1 Å². The van der Waals surface area contributed by atoms with Crippen LogP contribution in [0.15, 0.2) is 65.7 Å². The number of halogens is 2. The lowest BCUT2D eigenvalue weighted by molar-refractivity contribution is 0.0946. The van der Waals surface area contributed by atoms with Gasteiger partial charge < -0.3 is 10.1 Å². The van der Waals surface area contributed by atoms with Gasteiger partial charge in [-0.25, -0.2) is 26.9 Å². The average Bonchev–Trinajstić information content (AvgIpc) is 2.73. The first-order chi connectivity index (χ1) is 14.8. The number of amides is 1. The molecule has 7 nitrogen and oxygen atoms in total. The zero-order chi connectivity index (χ0) is 22.4. The van der Waals surface area contributed by atoms with Crippen LogP contribution in [-0.4, -0.2) is 25.9 Å². The van der Waals surface area contributed by atoms with Gasteiger partial charge in [0.2, 0.25) is 15.9 Å². The quantitative estimate of drug-likeness (QED) is 0.552. The molecule has 0 bridgehead atoms. The van der Waals surface area contributed by atoms with Crippen molar-refractivity contribution in [2.24, 2.45) is 0 Å². The van der Waals surface area contributed by atoms with E-state index in [4.69, 9.17) is 4.74 Å². The lowest BCUT2D eigenvalue weighted by Gasteiger charge is -2.12. The standard InChI is InChI=1S/C21H19F2N3O4S/c1-2-26-31(28,29)17-8-9-19(23)18(12-17)20(27)25-13-14-5-4-10-24-21(14)30-16-7-3-6-15(22)11-16/h3-12,26H,2,13H2,1H3,(H,25,27). The summed E-state index contributed by atoms with van der Waals surface area (Å²) in [6.45, 7) is 1.67. The van der Waals surface area contributed by atoms with Crippen molar-refractivity contribution in [3.05, 3.63) is 83.6 Å². The van der Waals surface area contributed by atoms with Gasteiger partial charge in [0, 0.05) is 30.9 Å². The van der Waals surface area contributed by atoms with E-state index in [1.54, 1.807) is 25.1 Å². The van der Waals surface area contributed by atoms with Gasteiger partial charge in [0.15, 0.2) is 0 Å². The molecule has 0 radical (unpaired) electrons. The second-order valence-corrected chi connectivity index (χ2v) is 8.12. The van der Waals surface area contributed by atoms with Crippen LogP contribution in [0.5, 0.6) is 11.6 Å². The lowest BCUT2D eigenvalue weighted by Crippen LogP contribution is -2.26. The van der Waals surface area contributed by atoms with E-state index in [2.05, 4.69) is 15.0 Å². The molecule has 0 unspecified atom stereocenters. The van der Waals surface area contributed by atoms with Gasteiger partial charge >= 0.3 is 0 Å². The van der Waals surface area contributed by atoms with Crippen LogP contribution in [0.3, 0.4) is 0 Å². The maximum atomic E-state index is 14.2. The molecule has 0 fully saturated rings. The number of carbonyl (C=O) groups is 1. The SMILES string of the molecule is CCNS(=O)(=O)c1ccc(F)c(C(=O)NCc2cccnc2Oc2cccc(F)c2)c1. The summed E-state index contributed by atoms with van der Waals surface area (Å²) in [6.07, 6.45) is 1.47. The van der Waals surface area contributed by atoms with Crippen molar-refractivity contribution in [3.63, 3.8) is 0 Å². The first kappa shape index (κ1) is 22.3. The maximum absolute atomic E-state index is 14.2. The Morgan fingerprint density at radius 3 is 2.65 bits per heavy atom. The van der Waals surface area contributed by atoms with E-state index in [9.17, 15) is 22.0 Å². The fraction of sp³-hybridized carbons (Fsp3) is 0.143. The largest absolute Gasteiger partial charge is 0.439 e. The number of benzene rings is 2. The average molecular weight is 447 g/mol. The van der Waals surface area contributed by atoms with Crippen molar-refractivity contribution in [2.75, 3.05) is 6.54 Å². The van der Waals surface area contributed by atoms with Crippen LogP contribution in [0.25, 0.3) is 0 Å². The van der Waals surface area contributed by atoms with Crippen molar-refractivity contribution in [1.29, 1.82) is 0 Å². The Hall–Kier alpha value is -3.37. The monoisotopic (exact) mass is 447 g/mol. The predicted molar refractivity (Wildman–Crippen MR) is 109 cm³/mol. The van der Waals surface area contributed by atoms with Crippen molar-refractivity contribution in [3.8, 4) is 11.6 Å². The molecule has 3 rings (SSSR count). The Morgan fingerprint density at radius 1 is 1.10 bits per heavy atom. The molecular weight excluding hydrogens is 428 g/mol. The van der Waals surface area contributed by atoms with Crippen LogP contribution in [0.1, 0.15) is 22.8 Å². The maximum Gasteiger partial charge on any atom is 0.254 e. The van der Waals surface area contributed by atoms with E-state index in [-0.39, 0.29) is 29.6 Å². The molecule has 2 N–H and O–H groups in total. The summed E-state index contributed by atoms with van der Waals surface area (Å²) in [5, 5.41) is 2.52. The molecule has 0 spiro atoms. The molecule has 162 valence electrons. The Morgan fingerprint density at radius 2 is 1.90 bits per heavy atom. The van der Waals surface area contributed by atoms with Crippen LogP contribution in [-0.2, 0) is 16.6 Å². The van der Waals surface area contributed by atoms with Gasteiger partial charge in [0.05, 0.1) is 10.5 Å². The van der Waals surface area contributed by atoms with Gasteiger partial charge in [0.25, 0.3) is 5.91 Å². The third kappa shape index (κ3) is 5.62.